The first-order chi connectivity index (χ1) is 9.43. The Labute approximate surface area is 112 Å². The van der Waals surface area contributed by atoms with E-state index in [4.69, 9.17) is 4.74 Å². The number of morpholine rings is 1. The number of nitrogens with zero attached hydrogens (tertiary/aromatic N) is 5. The molecule has 1 fully saturated rings. The van der Waals surface area contributed by atoms with Gasteiger partial charge < -0.3 is 9.30 Å². The second-order valence-electron chi connectivity index (χ2n) is 4.61. The van der Waals surface area contributed by atoms with Gasteiger partial charge in [0.1, 0.15) is 12.7 Å². The van der Waals surface area contributed by atoms with Gasteiger partial charge in [-0.15, -0.1) is 10.2 Å². The fraction of sp³-hybridized carbons (Fsp3) is 0.462. The molecule has 0 saturated carbocycles. The Morgan fingerprint density at radius 3 is 2.68 bits per heavy atom. The van der Waals surface area contributed by atoms with Gasteiger partial charge in [-0.2, -0.15) is 0 Å². The molecule has 0 aliphatic carbocycles. The normalized spacial score (nSPS) is 18.3. The van der Waals surface area contributed by atoms with Gasteiger partial charge in [0.25, 0.3) is 0 Å². The van der Waals surface area contributed by atoms with E-state index in [2.05, 4.69) is 26.1 Å². The number of aromatic nitrogens is 4. The van der Waals surface area contributed by atoms with Gasteiger partial charge >= 0.3 is 0 Å². The maximum Gasteiger partial charge on any atom is 0.119 e. The van der Waals surface area contributed by atoms with Gasteiger partial charge in [-0.1, -0.05) is 6.07 Å². The molecular formula is C13H17N5O. The minimum atomic E-state index is 0.286. The van der Waals surface area contributed by atoms with Crippen LogP contribution in [0.3, 0.4) is 0 Å². The zero-order valence-corrected chi connectivity index (χ0v) is 10.7. The molecule has 0 N–H and O–H groups in total. The molecule has 6 heteroatoms. The van der Waals surface area contributed by atoms with Crippen molar-refractivity contribution in [3.8, 4) is 0 Å². The summed E-state index contributed by atoms with van der Waals surface area (Å²) >= 11 is 0. The van der Waals surface area contributed by atoms with Crippen LogP contribution >= 0.6 is 0 Å². The van der Waals surface area contributed by atoms with Gasteiger partial charge in [-0.25, -0.2) is 0 Å². The van der Waals surface area contributed by atoms with Crippen molar-refractivity contribution in [1.29, 1.82) is 0 Å². The molecular weight excluding hydrogens is 242 g/mol. The van der Waals surface area contributed by atoms with Crippen molar-refractivity contribution >= 4 is 0 Å². The average molecular weight is 259 g/mol. The number of rotatable bonds is 4. The van der Waals surface area contributed by atoms with Gasteiger partial charge in [0.05, 0.1) is 19.3 Å². The van der Waals surface area contributed by atoms with Crippen molar-refractivity contribution in [2.75, 3.05) is 26.3 Å². The second-order valence-corrected chi connectivity index (χ2v) is 4.61. The third-order valence-corrected chi connectivity index (χ3v) is 3.41. The van der Waals surface area contributed by atoms with Crippen LogP contribution in [0.4, 0.5) is 0 Å². The minimum absolute atomic E-state index is 0.286. The van der Waals surface area contributed by atoms with E-state index in [9.17, 15) is 0 Å². The fourth-order valence-corrected chi connectivity index (χ4v) is 2.41. The Kier molecular flexibility index (Phi) is 3.81. The smallest absolute Gasteiger partial charge is 0.119 e. The van der Waals surface area contributed by atoms with Crippen molar-refractivity contribution in [1.82, 2.24) is 24.6 Å². The fourth-order valence-electron chi connectivity index (χ4n) is 2.41. The summed E-state index contributed by atoms with van der Waals surface area (Å²) in [6, 6.07) is 4.39. The molecule has 0 amide bonds. The highest BCUT2D eigenvalue weighted by molar-refractivity contribution is 5.14. The van der Waals surface area contributed by atoms with Gasteiger partial charge in [-0.3, -0.25) is 9.88 Å². The summed E-state index contributed by atoms with van der Waals surface area (Å²) < 4.78 is 7.44. The first-order valence-electron chi connectivity index (χ1n) is 6.47. The van der Waals surface area contributed by atoms with Crippen LogP contribution in [-0.2, 0) is 11.3 Å². The molecule has 100 valence electrons. The standard InChI is InChI=1S/C13H17N5O/c1-2-12(8-14-3-1)13(9-17-10-15-16-11-17)18-4-6-19-7-5-18/h1-3,8,10-11,13H,4-7,9H2/t13-/m0/s1. The SMILES string of the molecule is c1cncc([C@H](Cn2cnnc2)N2CCOCC2)c1. The van der Waals surface area contributed by atoms with E-state index in [0.29, 0.717) is 0 Å². The Balaban J connectivity index is 1.82. The van der Waals surface area contributed by atoms with Crippen LogP contribution in [0.15, 0.2) is 37.2 Å². The lowest BCUT2D eigenvalue weighted by Crippen LogP contribution is -2.40. The number of pyridine rings is 1. The van der Waals surface area contributed by atoms with Crippen molar-refractivity contribution in [2.24, 2.45) is 0 Å². The molecule has 0 aromatic carbocycles. The lowest BCUT2D eigenvalue weighted by atomic mass is 10.1. The summed E-state index contributed by atoms with van der Waals surface area (Å²) in [5.74, 6) is 0. The number of hydrogen-bond acceptors (Lipinski definition) is 5. The summed E-state index contributed by atoms with van der Waals surface area (Å²) in [7, 11) is 0. The Morgan fingerprint density at radius 1 is 1.21 bits per heavy atom. The topological polar surface area (TPSA) is 56.1 Å². The molecule has 1 aliphatic heterocycles. The van der Waals surface area contributed by atoms with E-state index < -0.39 is 0 Å². The largest absolute Gasteiger partial charge is 0.379 e. The molecule has 1 atom stereocenters. The molecule has 2 aromatic heterocycles. The highest BCUT2D eigenvalue weighted by Crippen LogP contribution is 2.22. The summed E-state index contributed by atoms with van der Waals surface area (Å²) in [4.78, 5) is 6.66. The van der Waals surface area contributed by atoms with Crippen LogP contribution < -0.4 is 0 Å². The molecule has 19 heavy (non-hydrogen) atoms. The Morgan fingerprint density at radius 2 is 2.00 bits per heavy atom. The number of hydrogen-bond donors (Lipinski definition) is 0. The maximum absolute atomic E-state index is 5.43. The van der Waals surface area contributed by atoms with Crippen LogP contribution in [-0.4, -0.2) is 51.0 Å². The first kappa shape index (κ1) is 12.3. The van der Waals surface area contributed by atoms with E-state index in [0.717, 1.165) is 32.8 Å². The van der Waals surface area contributed by atoms with Crippen molar-refractivity contribution in [2.45, 2.75) is 12.6 Å². The predicted molar refractivity (Wildman–Crippen MR) is 69.4 cm³/mol. The highest BCUT2D eigenvalue weighted by Gasteiger charge is 2.23. The molecule has 0 radical (unpaired) electrons. The first-order valence-corrected chi connectivity index (χ1v) is 6.47. The average Bonchev–Trinajstić information content (AvgIpc) is 3.00. The summed E-state index contributed by atoms with van der Waals surface area (Å²) in [6.45, 7) is 4.31. The van der Waals surface area contributed by atoms with Gasteiger partial charge in [-0.05, 0) is 11.6 Å². The van der Waals surface area contributed by atoms with Crippen LogP contribution in [0.25, 0.3) is 0 Å². The quantitative estimate of drug-likeness (QED) is 0.811. The summed E-state index contributed by atoms with van der Waals surface area (Å²) in [6.07, 6.45) is 7.25. The second kappa shape index (κ2) is 5.90. The van der Waals surface area contributed by atoms with Gasteiger partial charge in [0, 0.05) is 32.0 Å². The number of ether oxygens (including phenoxy) is 1. The predicted octanol–water partition coefficient (Wildman–Crippen LogP) is 0.747. The molecule has 3 heterocycles. The Bertz CT molecular complexity index is 481. The monoisotopic (exact) mass is 259 g/mol. The van der Waals surface area contributed by atoms with E-state index in [1.807, 2.05) is 16.8 Å². The van der Waals surface area contributed by atoms with Crippen molar-refractivity contribution in [3.63, 3.8) is 0 Å². The molecule has 1 saturated heterocycles. The molecule has 0 spiro atoms. The third kappa shape index (κ3) is 2.97. The molecule has 6 nitrogen and oxygen atoms in total. The van der Waals surface area contributed by atoms with E-state index in [1.165, 1.54) is 5.56 Å². The van der Waals surface area contributed by atoms with E-state index in [-0.39, 0.29) is 6.04 Å². The zero-order valence-electron chi connectivity index (χ0n) is 10.7. The summed E-state index contributed by atoms with van der Waals surface area (Å²) in [5, 5.41) is 7.74. The summed E-state index contributed by atoms with van der Waals surface area (Å²) in [5.41, 5.74) is 1.22. The van der Waals surface area contributed by atoms with Crippen LogP contribution in [0.5, 0.6) is 0 Å². The molecule has 0 bridgehead atoms. The zero-order chi connectivity index (χ0) is 12.9. The van der Waals surface area contributed by atoms with Crippen molar-refractivity contribution < 1.29 is 4.74 Å². The van der Waals surface area contributed by atoms with Crippen molar-refractivity contribution in [3.05, 3.63) is 42.7 Å². The third-order valence-electron chi connectivity index (χ3n) is 3.41. The minimum Gasteiger partial charge on any atom is -0.379 e. The van der Waals surface area contributed by atoms with Gasteiger partial charge in [0.2, 0.25) is 0 Å². The molecule has 3 rings (SSSR count). The lowest BCUT2D eigenvalue weighted by molar-refractivity contribution is 0.0122. The van der Waals surface area contributed by atoms with Crippen LogP contribution in [0, 0.1) is 0 Å². The molecule has 0 unspecified atom stereocenters. The molecule has 2 aromatic rings. The maximum atomic E-state index is 5.43. The highest BCUT2D eigenvalue weighted by atomic mass is 16.5. The molecule has 1 aliphatic rings. The van der Waals surface area contributed by atoms with Crippen LogP contribution in [0.1, 0.15) is 11.6 Å². The Hall–Kier alpha value is -1.79. The van der Waals surface area contributed by atoms with E-state index >= 15 is 0 Å². The van der Waals surface area contributed by atoms with Gasteiger partial charge in [0.15, 0.2) is 0 Å². The van der Waals surface area contributed by atoms with E-state index in [1.54, 1.807) is 18.9 Å². The lowest BCUT2D eigenvalue weighted by Gasteiger charge is -2.34. The van der Waals surface area contributed by atoms with Crippen LogP contribution in [0.2, 0.25) is 0 Å².